The van der Waals surface area contributed by atoms with E-state index in [4.69, 9.17) is 4.74 Å². The van der Waals surface area contributed by atoms with Gasteiger partial charge in [0.15, 0.2) is 0 Å². The van der Waals surface area contributed by atoms with Crippen molar-refractivity contribution < 1.29 is 9.53 Å². The lowest BCUT2D eigenvalue weighted by Gasteiger charge is -2.19. The molecule has 1 aromatic heterocycles. The zero-order chi connectivity index (χ0) is 13.1. The fraction of sp³-hybridized carbons (Fsp3) is 0.636. The third-order valence-corrected chi connectivity index (χ3v) is 2.82. The summed E-state index contributed by atoms with van der Waals surface area (Å²) in [6.07, 6.45) is 2.33. The maximum absolute atomic E-state index is 11.4. The molecule has 0 aliphatic rings. The van der Waals surface area contributed by atoms with Gasteiger partial charge in [0.25, 0.3) is 0 Å². The van der Waals surface area contributed by atoms with E-state index >= 15 is 0 Å². The maximum Gasteiger partial charge on any atom is 0.407 e. The Morgan fingerprint density at radius 1 is 1.59 bits per heavy atom. The quantitative estimate of drug-likeness (QED) is 0.849. The third kappa shape index (κ3) is 5.38. The summed E-state index contributed by atoms with van der Waals surface area (Å²) in [6, 6.07) is 0. The minimum absolute atomic E-state index is 0.378. The number of halogens is 1. The van der Waals surface area contributed by atoms with Crippen LogP contribution in [0.25, 0.3) is 0 Å². The fourth-order valence-corrected chi connectivity index (χ4v) is 2.04. The second-order valence-corrected chi connectivity index (χ2v) is 5.82. The molecular formula is C11H18IN3O2. The van der Waals surface area contributed by atoms with Gasteiger partial charge in [0.2, 0.25) is 0 Å². The van der Waals surface area contributed by atoms with Crippen LogP contribution in [-0.4, -0.2) is 28.0 Å². The number of carbonyl (C=O) groups excluding carboxylic acids is 1. The SMILES string of the molecule is Cn1cc(CCNC(=O)OC(C)(C)C)c(I)n1. The van der Waals surface area contributed by atoms with Crippen LogP contribution in [0.1, 0.15) is 26.3 Å². The first-order valence-electron chi connectivity index (χ1n) is 5.43. The number of nitrogens with one attached hydrogen (secondary N) is 1. The first kappa shape index (κ1) is 14.3. The van der Waals surface area contributed by atoms with Crippen LogP contribution in [0.2, 0.25) is 0 Å². The van der Waals surface area contributed by atoms with Crippen molar-refractivity contribution in [3.8, 4) is 0 Å². The molecule has 1 rings (SSSR count). The van der Waals surface area contributed by atoms with E-state index in [1.165, 1.54) is 0 Å². The molecule has 0 spiro atoms. The molecule has 5 nitrogen and oxygen atoms in total. The second-order valence-electron chi connectivity index (χ2n) is 4.80. The summed E-state index contributed by atoms with van der Waals surface area (Å²) < 4.78 is 7.88. The van der Waals surface area contributed by atoms with Gasteiger partial charge in [-0.3, -0.25) is 4.68 Å². The summed E-state index contributed by atoms with van der Waals surface area (Å²) in [7, 11) is 1.88. The summed E-state index contributed by atoms with van der Waals surface area (Å²) in [4.78, 5) is 11.4. The van der Waals surface area contributed by atoms with Gasteiger partial charge in [-0.1, -0.05) is 0 Å². The third-order valence-electron chi connectivity index (χ3n) is 1.92. The van der Waals surface area contributed by atoms with Crippen molar-refractivity contribution in [3.05, 3.63) is 15.5 Å². The van der Waals surface area contributed by atoms with Crippen LogP contribution in [0.3, 0.4) is 0 Å². The molecule has 0 bridgehead atoms. The number of carbonyl (C=O) groups is 1. The van der Waals surface area contributed by atoms with Crippen molar-refractivity contribution in [2.75, 3.05) is 6.54 Å². The largest absolute Gasteiger partial charge is 0.444 e. The number of hydrogen-bond donors (Lipinski definition) is 1. The van der Waals surface area contributed by atoms with E-state index < -0.39 is 5.60 Å². The van der Waals surface area contributed by atoms with Gasteiger partial charge in [-0.15, -0.1) is 0 Å². The fourth-order valence-electron chi connectivity index (χ4n) is 1.29. The smallest absolute Gasteiger partial charge is 0.407 e. The number of hydrogen-bond acceptors (Lipinski definition) is 3. The minimum atomic E-state index is -0.452. The summed E-state index contributed by atoms with van der Waals surface area (Å²) in [5, 5.41) is 6.95. The Bertz CT molecular complexity index is 396. The van der Waals surface area contributed by atoms with Gasteiger partial charge < -0.3 is 10.1 Å². The Labute approximate surface area is 115 Å². The van der Waals surface area contributed by atoms with E-state index in [2.05, 4.69) is 33.0 Å². The van der Waals surface area contributed by atoms with E-state index in [9.17, 15) is 4.79 Å². The monoisotopic (exact) mass is 351 g/mol. The second kappa shape index (κ2) is 5.70. The highest BCUT2D eigenvalue weighted by atomic mass is 127. The summed E-state index contributed by atoms with van der Waals surface area (Å²) in [6.45, 7) is 6.08. The summed E-state index contributed by atoms with van der Waals surface area (Å²) in [5.74, 6) is 0. The van der Waals surface area contributed by atoms with Crippen molar-refractivity contribution in [3.63, 3.8) is 0 Å². The van der Waals surface area contributed by atoms with Gasteiger partial charge in [0.1, 0.15) is 9.30 Å². The van der Waals surface area contributed by atoms with Crippen LogP contribution in [0.5, 0.6) is 0 Å². The highest BCUT2D eigenvalue weighted by Crippen LogP contribution is 2.10. The molecule has 96 valence electrons. The number of alkyl carbamates (subject to hydrolysis) is 1. The Morgan fingerprint density at radius 2 is 2.24 bits per heavy atom. The van der Waals surface area contributed by atoms with Crippen LogP contribution >= 0.6 is 22.6 Å². The van der Waals surface area contributed by atoms with Gasteiger partial charge in [-0.2, -0.15) is 5.10 Å². The molecule has 6 heteroatoms. The molecule has 1 N–H and O–H groups in total. The van der Waals surface area contributed by atoms with Crippen LogP contribution in [0, 0.1) is 3.70 Å². The predicted octanol–water partition coefficient (Wildman–Crippen LogP) is 2.09. The first-order valence-corrected chi connectivity index (χ1v) is 6.50. The lowest BCUT2D eigenvalue weighted by atomic mass is 10.2. The molecule has 0 fully saturated rings. The highest BCUT2D eigenvalue weighted by molar-refractivity contribution is 14.1. The molecule has 0 atom stereocenters. The predicted molar refractivity (Wildman–Crippen MR) is 73.9 cm³/mol. The van der Waals surface area contributed by atoms with E-state index in [0.717, 1.165) is 15.7 Å². The Hall–Kier alpha value is -0.790. The molecule has 1 amide bonds. The molecule has 0 aromatic carbocycles. The molecular weight excluding hydrogens is 333 g/mol. The van der Waals surface area contributed by atoms with Crippen molar-refractivity contribution in [2.24, 2.45) is 7.05 Å². The van der Waals surface area contributed by atoms with Gasteiger partial charge in [-0.05, 0) is 49.8 Å². The Morgan fingerprint density at radius 3 is 2.71 bits per heavy atom. The number of ether oxygens (including phenoxy) is 1. The minimum Gasteiger partial charge on any atom is -0.444 e. The van der Waals surface area contributed by atoms with Crippen LogP contribution in [-0.2, 0) is 18.2 Å². The topological polar surface area (TPSA) is 56.2 Å². The average Bonchev–Trinajstić information content (AvgIpc) is 2.42. The number of amides is 1. The molecule has 0 saturated heterocycles. The maximum atomic E-state index is 11.4. The van der Waals surface area contributed by atoms with Gasteiger partial charge >= 0.3 is 6.09 Å². The van der Waals surface area contributed by atoms with Gasteiger partial charge in [0, 0.05) is 25.4 Å². The zero-order valence-corrected chi connectivity index (χ0v) is 12.7. The van der Waals surface area contributed by atoms with Gasteiger partial charge in [-0.25, -0.2) is 4.79 Å². The normalized spacial score (nSPS) is 11.4. The lowest BCUT2D eigenvalue weighted by molar-refractivity contribution is 0.0528. The molecule has 17 heavy (non-hydrogen) atoms. The molecule has 1 aromatic rings. The average molecular weight is 351 g/mol. The number of aromatic nitrogens is 2. The molecule has 0 saturated carbocycles. The lowest BCUT2D eigenvalue weighted by Crippen LogP contribution is -2.33. The van der Waals surface area contributed by atoms with E-state index in [-0.39, 0.29) is 6.09 Å². The van der Waals surface area contributed by atoms with Crippen molar-refractivity contribution >= 4 is 28.7 Å². The van der Waals surface area contributed by atoms with Crippen LogP contribution in [0.4, 0.5) is 4.79 Å². The number of nitrogens with zero attached hydrogens (tertiary/aromatic N) is 2. The van der Waals surface area contributed by atoms with Crippen LogP contribution < -0.4 is 5.32 Å². The highest BCUT2D eigenvalue weighted by Gasteiger charge is 2.15. The summed E-state index contributed by atoms with van der Waals surface area (Å²) >= 11 is 2.18. The summed E-state index contributed by atoms with van der Waals surface area (Å²) in [5.41, 5.74) is 0.677. The molecule has 0 radical (unpaired) electrons. The molecule has 0 aliphatic heterocycles. The van der Waals surface area contributed by atoms with Crippen LogP contribution in [0.15, 0.2) is 6.20 Å². The van der Waals surface area contributed by atoms with E-state index in [1.54, 1.807) is 4.68 Å². The van der Waals surface area contributed by atoms with E-state index in [1.807, 2.05) is 34.0 Å². The molecule has 0 unspecified atom stereocenters. The first-order chi connectivity index (χ1) is 7.78. The Balaban J connectivity index is 2.33. The zero-order valence-electron chi connectivity index (χ0n) is 10.6. The number of rotatable bonds is 3. The Kier molecular flexibility index (Phi) is 4.79. The number of aryl methyl sites for hydroxylation is 1. The van der Waals surface area contributed by atoms with E-state index in [0.29, 0.717) is 6.54 Å². The molecule has 0 aliphatic carbocycles. The van der Waals surface area contributed by atoms with Crippen molar-refractivity contribution in [1.82, 2.24) is 15.1 Å². The van der Waals surface area contributed by atoms with Gasteiger partial charge in [0.05, 0.1) is 0 Å². The van der Waals surface area contributed by atoms with Crippen molar-refractivity contribution in [1.29, 1.82) is 0 Å². The van der Waals surface area contributed by atoms with Crippen molar-refractivity contribution in [2.45, 2.75) is 32.8 Å². The molecule has 1 heterocycles. The standard InChI is InChI=1S/C11H18IN3O2/c1-11(2,3)17-10(16)13-6-5-8-7-15(4)14-9(8)12/h7H,5-6H2,1-4H3,(H,13,16).